The van der Waals surface area contributed by atoms with Crippen LogP contribution >= 0.6 is 22.9 Å². The Morgan fingerprint density at radius 3 is 2.75 bits per heavy atom. The molecule has 8 heteroatoms. The first-order valence-electron chi connectivity index (χ1n) is 7.06. The van der Waals surface area contributed by atoms with Gasteiger partial charge in [-0.3, -0.25) is 0 Å². The standard InChI is InChI=1S/C16H14ClNO4S2/c17-13-5-2-1-4-12(13)14(19)10-24(20,21)9-11-8-22-16(18-11)15-6-3-7-23-15/h1-8,14,19H,9-10H2/t14-/m0/s1. The predicted molar refractivity (Wildman–Crippen MR) is 93.7 cm³/mol. The second-order valence-electron chi connectivity index (χ2n) is 5.21. The third-order valence-electron chi connectivity index (χ3n) is 3.33. The molecule has 1 aromatic carbocycles. The summed E-state index contributed by atoms with van der Waals surface area (Å²) in [5.74, 6) is -0.344. The van der Waals surface area contributed by atoms with Crippen LogP contribution in [0.3, 0.4) is 0 Å². The number of aliphatic hydroxyl groups excluding tert-OH is 1. The maximum Gasteiger partial charge on any atom is 0.236 e. The summed E-state index contributed by atoms with van der Waals surface area (Å²) in [6, 6.07) is 10.3. The van der Waals surface area contributed by atoms with E-state index in [-0.39, 0.29) is 5.75 Å². The molecule has 3 aromatic rings. The van der Waals surface area contributed by atoms with Crippen LogP contribution in [0.1, 0.15) is 17.4 Å². The highest BCUT2D eigenvalue weighted by atomic mass is 35.5. The molecule has 0 spiro atoms. The van der Waals surface area contributed by atoms with Gasteiger partial charge < -0.3 is 9.52 Å². The first kappa shape index (κ1) is 17.2. The summed E-state index contributed by atoms with van der Waals surface area (Å²) in [7, 11) is -3.58. The molecule has 3 rings (SSSR count). The van der Waals surface area contributed by atoms with Gasteiger partial charge in [0, 0.05) is 10.6 Å². The molecule has 0 saturated heterocycles. The minimum Gasteiger partial charge on any atom is -0.444 e. The van der Waals surface area contributed by atoms with Crippen LogP contribution in [-0.2, 0) is 15.6 Å². The normalized spacial score (nSPS) is 13.1. The molecule has 1 N–H and O–H groups in total. The molecule has 126 valence electrons. The van der Waals surface area contributed by atoms with Crippen LogP contribution in [0.5, 0.6) is 0 Å². The van der Waals surface area contributed by atoms with Gasteiger partial charge >= 0.3 is 0 Å². The van der Waals surface area contributed by atoms with E-state index in [1.165, 1.54) is 17.6 Å². The van der Waals surface area contributed by atoms with Gasteiger partial charge in [0.05, 0.1) is 28.2 Å². The fourth-order valence-corrected chi connectivity index (χ4v) is 4.53. The third kappa shape index (κ3) is 4.05. The van der Waals surface area contributed by atoms with Crippen molar-refractivity contribution in [3.8, 4) is 10.8 Å². The van der Waals surface area contributed by atoms with E-state index in [2.05, 4.69) is 4.98 Å². The van der Waals surface area contributed by atoms with E-state index in [1.54, 1.807) is 24.3 Å². The number of hydrogen-bond donors (Lipinski definition) is 1. The summed E-state index contributed by atoms with van der Waals surface area (Å²) < 4.78 is 29.9. The minimum absolute atomic E-state index is 0.302. The van der Waals surface area contributed by atoms with Crippen LogP contribution in [-0.4, -0.2) is 24.3 Å². The van der Waals surface area contributed by atoms with Gasteiger partial charge in [-0.1, -0.05) is 35.9 Å². The van der Waals surface area contributed by atoms with E-state index in [0.717, 1.165) is 4.88 Å². The number of thiophene rings is 1. The number of oxazole rings is 1. The van der Waals surface area contributed by atoms with E-state index in [9.17, 15) is 13.5 Å². The van der Waals surface area contributed by atoms with Crippen molar-refractivity contribution in [1.82, 2.24) is 4.98 Å². The number of sulfone groups is 1. The largest absolute Gasteiger partial charge is 0.444 e. The molecule has 24 heavy (non-hydrogen) atoms. The van der Waals surface area contributed by atoms with Crippen molar-refractivity contribution in [1.29, 1.82) is 0 Å². The van der Waals surface area contributed by atoms with Crippen molar-refractivity contribution in [2.24, 2.45) is 0 Å². The zero-order valence-electron chi connectivity index (χ0n) is 12.4. The Balaban J connectivity index is 1.71. The molecule has 0 saturated carbocycles. The van der Waals surface area contributed by atoms with E-state index in [4.69, 9.17) is 16.0 Å². The summed E-state index contributed by atoms with van der Waals surface area (Å²) >= 11 is 7.44. The van der Waals surface area contributed by atoms with Gasteiger partial charge in [-0.2, -0.15) is 0 Å². The van der Waals surface area contributed by atoms with E-state index < -0.39 is 21.7 Å². The molecule has 2 aromatic heterocycles. The number of aromatic nitrogens is 1. The molecule has 2 heterocycles. The summed E-state index contributed by atoms with van der Waals surface area (Å²) in [6.07, 6.45) is 0.140. The van der Waals surface area contributed by atoms with Crippen LogP contribution in [0.2, 0.25) is 5.02 Å². The Morgan fingerprint density at radius 1 is 1.25 bits per heavy atom. The maximum atomic E-state index is 12.3. The molecular weight excluding hydrogens is 370 g/mol. The van der Waals surface area contributed by atoms with Gasteiger partial charge in [0.2, 0.25) is 5.89 Å². The molecule has 0 aliphatic rings. The second kappa shape index (κ2) is 7.06. The highest BCUT2D eigenvalue weighted by molar-refractivity contribution is 7.90. The number of rotatable bonds is 6. The minimum atomic E-state index is -3.58. The van der Waals surface area contributed by atoms with Gasteiger partial charge in [-0.25, -0.2) is 13.4 Å². The molecule has 0 aliphatic carbocycles. The summed E-state index contributed by atoms with van der Waals surface area (Å²) in [4.78, 5) is 5.02. The lowest BCUT2D eigenvalue weighted by atomic mass is 10.1. The molecule has 0 bridgehead atoms. The van der Waals surface area contributed by atoms with E-state index >= 15 is 0 Å². The first-order chi connectivity index (χ1) is 11.4. The van der Waals surface area contributed by atoms with E-state index in [1.807, 2.05) is 17.5 Å². The zero-order chi connectivity index (χ0) is 17.2. The highest BCUT2D eigenvalue weighted by Crippen LogP contribution is 2.26. The quantitative estimate of drug-likeness (QED) is 0.701. The lowest BCUT2D eigenvalue weighted by Crippen LogP contribution is -2.16. The Kier molecular flexibility index (Phi) is 5.05. The molecule has 0 aliphatic heterocycles. The van der Waals surface area contributed by atoms with Crippen LogP contribution in [0.15, 0.2) is 52.5 Å². The van der Waals surface area contributed by atoms with Gasteiger partial charge in [0.25, 0.3) is 0 Å². The monoisotopic (exact) mass is 383 g/mol. The Labute approximate surface area is 148 Å². The summed E-state index contributed by atoms with van der Waals surface area (Å²) in [5, 5.41) is 12.4. The van der Waals surface area contributed by atoms with Gasteiger partial charge in [0.1, 0.15) is 6.26 Å². The zero-order valence-corrected chi connectivity index (χ0v) is 14.8. The number of aliphatic hydroxyl groups is 1. The van der Waals surface area contributed by atoms with Crippen molar-refractivity contribution in [2.45, 2.75) is 11.9 Å². The lowest BCUT2D eigenvalue weighted by Gasteiger charge is -2.12. The van der Waals surface area contributed by atoms with Crippen molar-refractivity contribution in [3.63, 3.8) is 0 Å². The molecular formula is C16H14ClNO4S2. The average molecular weight is 384 g/mol. The molecule has 0 amide bonds. The fraction of sp³-hybridized carbons (Fsp3) is 0.188. The molecule has 1 atom stereocenters. The number of nitrogens with zero attached hydrogens (tertiary/aromatic N) is 1. The summed E-state index contributed by atoms with van der Waals surface area (Å²) in [5.41, 5.74) is 0.701. The third-order valence-corrected chi connectivity index (χ3v) is 6.09. The van der Waals surface area contributed by atoms with Gasteiger partial charge in [-0.05, 0) is 17.5 Å². The number of hydrogen-bond acceptors (Lipinski definition) is 6. The van der Waals surface area contributed by atoms with Crippen LogP contribution in [0.25, 0.3) is 10.8 Å². The molecule has 0 radical (unpaired) electrons. The van der Waals surface area contributed by atoms with Crippen LogP contribution < -0.4 is 0 Å². The summed E-state index contributed by atoms with van der Waals surface area (Å²) in [6.45, 7) is 0. The Bertz CT molecular complexity index is 919. The van der Waals surface area contributed by atoms with Crippen LogP contribution in [0, 0.1) is 0 Å². The van der Waals surface area contributed by atoms with E-state index in [0.29, 0.717) is 22.2 Å². The highest BCUT2D eigenvalue weighted by Gasteiger charge is 2.22. The second-order valence-corrected chi connectivity index (χ2v) is 8.68. The number of halogens is 1. The Hall–Kier alpha value is -1.67. The first-order valence-corrected chi connectivity index (χ1v) is 10.1. The molecule has 0 unspecified atom stereocenters. The fourth-order valence-electron chi connectivity index (χ4n) is 2.25. The maximum absolute atomic E-state index is 12.3. The van der Waals surface area contributed by atoms with Crippen molar-refractivity contribution in [3.05, 3.63) is 64.3 Å². The van der Waals surface area contributed by atoms with Crippen molar-refractivity contribution < 1.29 is 17.9 Å². The SMILES string of the molecule is O=S(=O)(Cc1coc(-c2cccs2)n1)C[C@H](O)c1ccccc1Cl. The number of benzene rings is 1. The smallest absolute Gasteiger partial charge is 0.236 e. The van der Waals surface area contributed by atoms with Crippen LogP contribution in [0.4, 0.5) is 0 Å². The predicted octanol–water partition coefficient (Wildman–Crippen LogP) is 3.70. The van der Waals surface area contributed by atoms with Crippen molar-refractivity contribution >= 4 is 32.8 Å². The van der Waals surface area contributed by atoms with Crippen molar-refractivity contribution in [2.75, 3.05) is 5.75 Å². The van der Waals surface area contributed by atoms with Gasteiger partial charge in [-0.15, -0.1) is 11.3 Å². The lowest BCUT2D eigenvalue weighted by molar-refractivity contribution is 0.201. The molecule has 5 nitrogen and oxygen atoms in total. The molecule has 0 fully saturated rings. The van der Waals surface area contributed by atoms with Gasteiger partial charge in [0.15, 0.2) is 9.84 Å². The topological polar surface area (TPSA) is 80.4 Å². The average Bonchev–Trinajstić information content (AvgIpc) is 3.17. The Morgan fingerprint density at radius 2 is 2.04 bits per heavy atom.